The number of aromatic nitrogens is 3. The molecule has 7 nitrogen and oxygen atoms in total. The van der Waals surface area contributed by atoms with E-state index in [1.165, 1.54) is 30.2 Å². The van der Waals surface area contributed by atoms with Gasteiger partial charge in [0.25, 0.3) is 0 Å². The van der Waals surface area contributed by atoms with E-state index < -0.39 is 5.97 Å². The lowest BCUT2D eigenvalue weighted by atomic mass is 9.88. The fourth-order valence-corrected chi connectivity index (χ4v) is 6.41. The van der Waals surface area contributed by atoms with Gasteiger partial charge < -0.3 is 14.6 Å². The molecule has 0 radical (unpaired) electrons. The van der Waals surface area contributed by atoms with Crippen LogP contribution in [-0.4, -0.2) is 39.5 Å². The zero-order valence-corrected chi connectivity index (χ0v) is 21.4. The van der Waals surface area contributed by atoms with Gasteiger partial charge in [-0.2, -0.15) is 0 Å². The van der Waals surface area contributed by atoms with E-state index in [1.807, 2.05) is 7.05 Å². The van der Waals surface area contributed by atoms with E-state index in [0.29, 0.717) is 43.1 Å². The van der Waals surface area contributed by atoms with Gasteiger partial charge in [-0.15, -0.1) is 21.5 Å². The Morgan fingerprint density at radius 1 is 1.33 bits per heavy atom. The lowest BCUT2D eigenvalue weighted by Crippen LogP contribution is -2.17. The van der Waals surface area contributed by atoms with Gasteiger partial charge in [0.15, 0.2) is 11.0 Å². The summed E-state index contributed by atoms with van der Waals surface area (Å²) < 4.78 is 6.76. The summed E-state index contributed by atoms with van der Waals surface area (Å²) in [6.45, 7) is 2.20. The average Bonchev–Trinajstić information content (AvgIpc) is 3.31. The molecule has 174 valence electrons. The third-order valence-electron chi connectivity index (χ3n) is 5.49. The molecular formula is C22H22Cl2N4O3S2. The number of carbonyl (C=O) groups is 2. The number of hydrogen-bond donors (Lipinski definition) is 1. The number of nitrogens with zero attached hydrogens (tertiary/aromatic N) is 3. The average molecular weight is 525 g/mol. The molecule has 33 heavy (non-hydrogen) atoms. The summed E-state index contributed by atoms with van der Waals surface area (Å²) in [6.07, 6.45) is 2.74. The minimum atomic E-state index is -0.414. The highest BCUT2D eigenvalue weighted by atomic mass is 35.5. The first-order chi connectivity index (χ1) is 15.8. The van der Waals surface area contributed by atoms with Crippen LogP contribution in [0.15, 0.2) is 23.4 Å². The van der Waals surface area contributed by atoms with Gasteiger partial charge in [0.1, 0.15) is 5.00 Å². The Morgan fingerprint density at radius 3 is 2.85 bits per heavy atom. The molecule has 0 fully saturated rings. The van der Waals surface area contributed by atoms with Gasteiger partial charge in [-0.3, -0.25) is 4.79 Å². The predicted octanol–water partition coefficient (Wildman–Crippen LogP) is 5.49. The van der Waals surface area contributed by atoms with Gasteiger partial charge in [0.05, 0.1) is 23.4 Å². The number of rotatable bonds is 6. The SMILES string of the molecule is COC(=O)c1c(NC(=O)CSc2nnc(-c3ccc(Cl)cc3Cl)n2C)sc2c1CCC(C)C2. The molecule has 1 aromatic carbocycles. The predicted molar refractivity (Wildman–Crippen MR) is 133 cm³/mol. The number of ether oxygens (including phenoxy) is 1. The maximum Gasteiger partial charge on any atom is 0.341 e. The van der Waals surface area contributed by atoms with E-state index in [2.05, 4.69) is 22.4 Å². The molecule has 1 atom stereocenters. The zero-order chi connectivity index (χ0) is 23.7. The van der Waals surface area contributed by atoms with Gasteiger partial charge in [-0.05, 0) is 48.9 Å². The summed E-state index contributed by atoms with van der Waals surface area (Å²) >= 11 is 15.0. The Bertz CT molecular complexity index is 1220. The maximum atomic E-state index is 12.7. The highest BCUT2D eigenvalue weighted by Crippen LogP contribution is 2.40. The van der Waals surface area contributed by atoms with Gasteiger partial charge >= 0.3 is 5.97 Å². The quantitative estimate of drug-likeness (QED) is 0.338. The third-order valence-corrected chi connectivity index (χ3v) is 8.23. The number of amides is 1. The van der Waals surface area contributed by atoms with Crippen LogP contribution in [-0.2, 0) is 29.4 Å². The van der Waals surface area contributed by atoms with Gasteiger partial charge in [0.2, 0.25) is 5.91 Å². The largest absolute Gasteiger partial charge is 0.465 e. The molecule has 11 heteroatoms. The standard InChI is InChI=1S/C22H22Cl2N4O3S2/c1-11-4-6-14-16(8-11)33-20(18(14)21(30)31-3)25-17(29)10-32-22-27-26-19(28(22)2)13-7-5-12(23)9-15(13)24/h5,7,9,11H,4,6,8,10H2,1-3H3,(H,25,29). The molecule has 4 rings (SSSR count). The van der Waals surface area contributed by atoms with Crippen molar-refractivity contribution in [3.05, 3.63) is 44.2 Å². The maximum absolute atomic E-state index is 12.7. The summed E-state index contributed by atoms with van der Waals surface area (Å²) in [5.74, 6) is 0.598. The van der Waals surface area contributed by atoms with Crippen molar-refractivity contribution < 1.29 is 14.3 Å². The number of fused-ring (bicyclic) bond motifs is 1. The van der Waals surface area contributed by atoms with Crippen LogP contribution in [0.25, 0.3) is 11.4 Å². The van der Waals surface area contributed by atoms with Gasteiger partial charge in [-0.1, -0.05) is 41.9 Å². The van der Waals surface area contributed by atoms with E-state index in [0.717, 1.165) is 29.7 Å². The fraction of sp³-hybridized carbons (Fsp3) is 0.364. The Balaban J connectivity index is 1.48. The number of benzene rings is 1. The van der Waals surface area contributed by atoms with Gasteiger partial charge in [-0.25, -0.2) is 4.79 Å². The molecular weight excluding hydrogens is 503 g/mol. The van der Waals surface area contributed by atoms with Gasteiger partial charge in [0, 0.05) is 22.5 Å². The molecule has 1 N–H and O–H groups in total. The van der Waals surface area contributed by atoms with Crippen molar-refractivity contribution in [3.63, 3.8) is 0 Å². The first-order valence-corrected chi connectivity index (χ1v) is 12.8. The second-order valence-electron chi connectivity index (χ2n) is 7.87. The van der Waals surface area contributed by atoms with E-state index in [9.17, 15) is 9.59 Å². The molecule has 0 bridgehead atoms. The van der Waals surface area contributed by atoms with Crippen LogP contribution < -0.4 is 5.32 Å². The number of halogens is 2. The number of thiophene rings is 1. The number of methoxy groups -OCH3 is 1. The topological polar surface area (TPSA) is 86.1 Å². The van der Waals surface area contributed by atoms with Crippen LogP contribution in [0.3, 0.4) is 0 Å². The molecule has 0 saturated carbocycles. The van der Waals surface area contributed by atoms with Crippen LogP contribution in [0.4, 0.5) is 5.00 Å². The first kappa shape index (κ1) is 24.1. The second kappa shape index (κ2) is 10.0. The van der Waals surface area contributed by atoms with E-state index in [4.69, 9.17) is 27.9 Å². The van der Waals surface area contributed by atoms with E-state index in [-0.39, 0.29) is 11.7 Å². The molecule has 1 unspecified atom stereocenters. The van der Waals surface area contributed by atoms with Crippen LogP contribution in [0.5, 0.6) is 0 Å². The minimum absolute atomic E-state index is 0.111. The molecule has 2 aromatic heterocycles. The molecule has 0 aliphatic heterocycles. The van der Waals surface area contributed by atoms with Crippen LogP contribution >= 0.6 is 46.3 Å². The van der Waals surface area contributed by atoms with Crippen molar-refractivity contribution in [1.82, 2.24) is 14.8 Å². The highest BCUT2D eigenvalue weighted by Gasteiger charge is 2.29. The van der Waals surface area contributed by atoms with Crippen molar-refractivity contribution >= 4 is 63.2 Å². The van der Waals surface area contributed by atoms with Crippen LogP contribution in [0.1, 0.15) is 34.1 Å². The summed E-state index contributed by atoms with van der Waals surface area (Å²) in [5.41, 5.74) is 2.19. The Kier molecular flexibility index (Phi) is 7.33. The monoisotopic (exact) mass is 524 g/mol. The number of nitrogens with one attached hydrogen (secondary N) is 1. The second-order valence-corrected chi connectivity index (χ2v) is 10.8. The lowest BCUT2D eigenvalue weighted by molar-refractivity contribution is -0.113. The fourth-order valence-electron chi connectivity index (χ4n) is 3.80. The number of carbonyl (C=O) groups excluding carboxylic acids is 2. The zero-order valence-electron chi connectivity index (χ0n) is 18.3. The first-order valence-electron chi connectivity index (χ1n) is 10.3. The molecule has 1 aliphatic rings. The van der Waals surface area contributed by atoms with Crippen molar-refractivity contribution in [2.75, 3.05) is 18.2 Å². The van der Waals surface area contributed by atoms with Crippen molar-refractivity contribution in [3.8, 4) is 11.4 Å². The van der Waals surface area contributed by atoms with Crippen LogP contribution in [0, 0.1) is 5.92 Å². The molecule has 3 aromatic rings. The smallest absolute Gasteiger partial charge is 0.341 e. The molecule has 0 saturated heterocycles. The summed E-state index contributed by atoms with van der Waals surface area (Å²) in [4.78, 5) is 26.3. The minimum Gasteiger partial charge on any atom is -0.465 e. The Morgan fingerprint density at radius 2 is 2.12 bits per heavy atom. The highest BCUT2D eigenvalue weighted by molar-refractivity contribution is 7.99. The number of anilines is 1. The number of thioether (sulfide) groups is 1. The molecule has 0 spiro atoms. The van der Waals surface area contributed by atoms with Crippen LogP contribution in [0.2, 0.25) is 10.0 Å². The van der Waals surface area contributed by atoms with E-state index >= 15 is 0 Å². The summed E-state index contributed by atoms with van der Waals surface area (Å²) in [5, 5.41) is 13.4. The molecule has 1 amide bonds. The Hall–Kier alpha value is -2.07. The normalized spacial score (nSPS) is 15.2. The van der Waals surface area contributed by atoms with Crippen molar-refractivity contribution in [2.24, 2.45) is 13.0 Å². The van der Waals surface area contributed by atoms with E-state index in [1.54, 1.807) is 22.8 Å². The molecule has 2 heterocycles. The van der Waals surface area contributed by atoms with Crippen molar-refractivity contribution in [1.29, 1.82) is 0 Å². The molecule has 1 aliphatic carbocycles. The number of esters is 1. The Labute approximate surface area is 209 Å². The number of hydrogen-bond acceptors (Lipinski definition) is 7. The summed E-state index contributed by atoms with van der Waals surface area (Å²) in [7, 11) is 3.17. The van der Waals surface area contributed by atoms with Crippen molar-refractivity contribution in [2.45, 2.75) is 31.3 Å². The lowest BCUT2D eigenvalue weighted by Gasteiger charge is -2.18. The summed E-state index contributed by atoms with van der Waals surface area (Å²) in [6, 6.07) is 5.16. The third kappa shape index (κ3) is 5.06.